The first-order valence-electron chi connectivity index (χ1n) is 23.6. The Kier molecular flexibility index (Phi) is 17.8. The van der Waals surface area contributed by atoms with Crippen molar-refractivity contribution in [1.82, 2.24) is 24.9 Å². The number of phenolic OH excluding ortho intramolecular Hbond substituents is 1. The Morgan fingerprint density at radius 1 is 0.939 bits per heavy atom. The molecular formula is C47H72N8O11. The van der Waals surface area contributed by atoms with E-state index in [0.29, 0.717) is 58.0 Å². The topological polar surface area (TPSA) is 279 Å². The number of likely N-dealkylation sites (N-methyl/N-ethyl adjacent to an activating group) is 2. The van der Waals surface area contributed by atoms with Gasteiger partial charge in [-0.15, -0.1) is 0 Å². The van der Waals surface area contributed by atoms with E-state index in [-0.39, 0.29) is 87.0 Å². The molecule has 0 aromatic heterocycles. The van der Waals surface area contributed by atoms with Crippen molar-refractivity contribution in [2.45, 2.75) is 147 Å². The maximum Gasteiger partial charge on any atom is 0.329 e. The highest BCUT2D eigenvalue weighted by Crippen LogP contribution is 2.39. The molecule has 4 saturated heterocycles. The predicted molar refractivity (Wildman–Crippen MR) is 243 cm³/mol. The van der Waals surface area contributed by atoms with Gasteiger partial charge in [0, 0.05) is 59.0 Å². The second-order valence-electron chi connectivity index (χ2n) is 19.5. The van der Waals surface area contributed by atoms with Crippen molar-refractivity contribution < 1.29 is 53.6 Å². The molecule has 4 heterocycles. The summed E-state index contributed by atoms with van der Waals surface area (Å²) in [5.74, 6) is -5.55. The molecule has 1 aromatic rings. The van der Waals surface area contributed by atoms with Crippen LogP contribution in [0.4, 0.5) is 0 Å². The molecule has 8 N–H and O–H groups in total. The average molecular weight is 925 g/mol. The number of fused-ring (bicyclic) bond motifs is 15. The summed E-state index contributed by atoms with van der Waals surface area (Å²) in [4.78, 5) is 107. The van der Waals surface area contributed by atoms with Gasteiger partial charge in [0.1, 0.15) is 36.0 Å². The van der Waals surface area contributed by atoms with Crippen molar-refractivity contribution in [3.05, 3.63) is 29.8 Å². The van der Waals surface area contributed by atoms with E-state index in [1.165, 1.54) is 43.0 Å². The van der Waals surface area contributed by atoms with Gasteiger partial charge in [0.25, 0.3) is 0 Å². The number of esters is 1. The van der Waals surface area contributed by atoms with E-state index in [9.17, 15) is 48.9 Å². The highest BCUT2D eigenvalue weighted by molar-refractivity contribution is 5.95. The number of hydrogen-bond donors (Lipinski definition) is 6. The number of guanidine groups is 1. The second kappa shape index (κ2) is 22.8. The fourth-order valence-corrected chi connectivity index (χ4v) is 10.3. The molecule has 1 aliphatic carbocycles. The zero-order valence-electron chi connectivity index (χ0n) is 39.2. The molecule has 1 aromatic carbocycles. The predicted octanol–water partition coefficient (Wildman–Crippen LogP) is 1.75. The number of carboxylic acids is 1. The molecule has 1 saturated carbocycles. The third-order valence-corrected chi connectivity index (χ3v) is 14.1. The zero-order valence-corrected chi connectivity index (χ0v) is 39.2. The maximum absolute atomic E-state index is 14.9. The van der Waals surface area contributed by atoms with Crippen LogP contribution in [0.25, 0.3) is 0 Å². The number of nitrogens with one attached hydrogen (secondary N) is 1. The van der Waals surface area contributed by atoms with Crippen molar-refractivity contribution in [3.63, 3.8) is 0 Å². The number of piperidine rings is 1. The molecule has 0 spiro atoms. The molecule has 366 valence electrons. The molecule has 2 unspecified atom stereocenters. The number of carbonyl (C=O) groups is 7. The van der Waals surface area contributed by atoms with Crippen molar-refractivity contribution in [2.24, 2.45) is 40.1 Å². The molecular weight excluding hydrogens is 853 g/mol. The van der Waals surface area contributed by atoms with Gasteiger partial charge in [0.05, 0.1) is 12.0 Å². The van der Waals surface area contributed by atoms with E-state index in [2.05, 4.69) is 10.3 Å². The van der Waals surface area contributed by atoms with Crippen LogP contribution in [0.3, 0.4) is 0 Å². The molecule has 19 heteroatoms. The van der Waals surface area contributed by atoms with Gasteiger partial charge in [0.2, 0.25) is 29.5 Å². The average Bonchev–Trinajstić information content (AvgIpc) is 3.69. The number of nitrogens with zero attached hydrogens (tertiary/aromatic N) is 5. The highest BCUT2D eigenvalue weighted by Gasteiger charge is 2.47. The van der Waals surface area contributed by atoms with Crippen LogP contribution in [0.5, 0.6) is 5.75 Å². The molecule has 6 rings (SSSR count). The summed E-state index contributed by atoms with van der Waals surface area (Å²) in [5, 5.41) is 34.7. The lowest BCUT2D eigenvalue weighted by atomic mass is 9.74. The molecule has 5 aliphatic rings. The molecule has 66 heavy (non-hydrogen) atoms. The maximum atomic E-state index is 14.9. The number of nitrogens with two attached hydrogens (primary N) is 2. The lowest BCUT2D eigenvalue weighted by molar-refractivity contribution is -0.163. The van der Waals surface area contributed by atoms with Gasteiger partial charge in [-0.25, -0.2) is 4.79 Å². The van der Waals surface area contributed by atoms with Crippen LogP contribution in [0.2, 0.25) is 0 Å². The summed E-state index contributed by atoms with van der Waals surface area (Å²) < 4.78 is 6.42. The lowest BCUT2D eigenvalue weighted by Gasteiger charge is -2.40. The van der Waals surface area contributed by atoms with E-state index >= 15 is 0 Å². The summed E-state index contributed by atoms with van der Waals surface area (Å²) in [6.07, 6.45) is 2.56. The Bertz CT molecular complexity index is 1940. The van der Waals surface area contributed by atoms with Crippen molar-refractivity contribution >= 4 is 47.4 Å². The van der Waals surface area contributed by atoms with Gasteiger partial charge in [-0.3, -0.25) is 33.8 Å². The number of rotatable bonds is 10. The Morgan fingerprint density at radius 3 is 2.26 bits per heavy atom. The second-order valence-corrected chi connectivity index (χ2v) is 19.5. The van der Waals surface area contributed by atoms with Crippen LogP contribution >= 0.6 is 0 Å². The molecule has 4 bridgehead atoms. The minimum Gasteiger partial charge on any atom is -0.508 e. The van der Waals surface area contributed by atoms with Crippen LogP contribution in [0, 0.1) is 23.7 Å². The number of aliphatic imine (C=N–C) groups is 1. The summed E-state index contributed by atoms with van der Waals surface area (Å²) >= 11 is 0. The number of hydrogen-bond acceptors (Lipinski definition) is 11. The summed E-state index contributed by atoms with van der Waals surface area (Å²) in [6.45, 7) is 6.13. The minimum absolute atomic E-state index is 0.0217. The van der Waals surface area contributed by atoms with E-state index in [0.717, 1.165) is 10.5 Å². The molecule has 5 amide bonds. The largest absolute Gasteiger partial charge is 0.508 e. The summed E-state index contributed by atoms with van der Waals surface area (Å²) in [7, 11) is 2.81. The summed E-state index contributed by atoms with van der Waals surface area (Å²) in [6, 6.07) is 1.84. The number of benzene rings is 1. The van der Waals surface area contributed by atoms with Crippen molar-refractivity contribution in [1.29, 1.82) is 0 Å². The minimum atomic E-state index is -1.35. The first-order chi connectivity index (χ1) is 31.2. The first-order valence-corrected chi connectivity index (χ1v) is 23.6. The number of ether oxygens (including phenoxy) is 1. The molecule has 0 radical (unpaired) electrons. The third kappa shape index (κ3) is 13.6. The highest BCUT2D eigenvalue weighted by atomic mass is 16.5. The number of amides is 5. The summed E-state index contributed by atoms with van der Waals surface area (Å²) in [5.41, 5.74) is 10.7. The SMILES string of the molecule is CC(C)C[C@@H]1NC(=O)C2CCN(CC2)C(=O)C[C@]2(O)CCC[C@H](C[C@H](Cc3ccc(O)cc3)OC(=O)C3[C@@H](CCN=C(N)N)CCN3C(=O)C(CCC(=O)O)N(C)C(=O)[C@H](C)N(C)C1=O)C2. The van der Waals surface area contributed by atoms with E-state index < -0.39 is 83.8 Å². The Labute approximate surface area is 387 Å². The van der Waals surface area contributed by atoms with Crippen molar-refractivity contribution in [3.8, 4) is 5.75 Å². The smallest absolute Gasteiger partial charge is 0.329 e. The monoisotopic (exact) mass is 925 g/mol. The van der Waals surface area contributed by atoms with Gasteiger partial charge < -0.3 is 56.4 Å². The number of carbonyl (C=O) groups excluding carboxylic acids is 6. The molecule has 5 fully saturated rings. The quantitative estimate of drug-likeness (QED) is 0.0846. The van der Waals surface area contributed by atoms with Gasteiger partial charge in [-0.05, 0) is 100 Å². The number of aliphatic carboxylic acids is 1. The Morgan fingerprint density at radius 2 is 1.62 bits per heavy atom. The van der Waals surface area contributed by atoms with Crippen LogP contribution < -0.4 is 16.8 Å². The fraction of sp³-hybridized carbons (Fsp3) is 0.702. The normalized spacial score (nSPS) is 30.1. The molecule has 8 atom stereocenters. The van der Waals surface area contributed by atoms with E-state index in [1.807, 2.05) is 13.8 Å². The Hall–Kier alpha value is -5.46. The van der Waals surface area contributed by atoms with Gasteiger partial charge in [-0.2, -0.15) is 0 Å². The third-order valence-electron chi connectivity index (χ3n) is 14.1. The lowest BCUT2D eigenvalue weighted by Crippen LogP contribution is -2.58. The van der Waals surface area contributed by atoms with Crippen molar-refractivity contribution in [2.75, 3.05) is 40.3 Å². The van der Waals surface area contributed by atoms with Crippen LogP contribution in [-0.2, 0) is 44.7 Å². The number of phenols is 1. The van der Waals surface area contributed by atoms with Crippen LogP contribution in [0.1, 0.15) is 110 Å². The van der Waals surface area contributed by atoms with Gasteiger partial charge in [0.15, 0.2) is 5.96 Å². The first kappa shape index (κ1) is 51.5. The van der Waals surface area contributed by atoms with Crippen LogP contribution in [-0.4, -0.2) is 159 Å². The zero-order chi connectivity index (χ0) is 48.5. The number of carboxylic acid groups (broad SMARTS) is 1. The Balaban J connectivity index is 1.54. The van der Waals surface area contributed by atoms with E-state index in [4.69, 9.17) is 16.2 Å². The fourth-order valence-electron chi connectivity index (χ4n) is 10.3. The van der Waals surface area contributed by atoms with E-state index in [1.54, 1.807) is 17.0 Å². The molecule has 19 nitrogen and oxygen atoms in total. The molecule has 4 aliphatic heterocycles. The van der Waals surface area contributed by atoms with Gasteiger partial charge in [-0.1, -0.05) is 38.8 Å². The standard InChI is InChI=1S/C47H72N8O11/c1-28(2)23-36-43(62)52(4)29(3)42(61)53(5)37(12-13-39(58)59)44(63)55-22-17-32(14-19-50-46(48)49)40(55)45(64)66-35(24-30-8-10-34(56)11-9-30)25-31-7-6-18-47(65,26-31)27-38(57)54-20-15-33(16-21-54)41(60)51-36/h8-11,28-29,31-33,35-37,40,56,65H,6-7,12-27H2,1-5H3,(H,51,60)(H,58,59)(H4,48,49,50)/t29-,31+,32-,35-,36-,37?,40?,47-/m0/s1. The van der Waals surface area contributed by atoms with Crippen LogP contribution in [0.15, 0.2) is 29.3 Å². The number of aliphatic hydroxyl groups is 1. The number of aromatic hydroxyl groups is 1. The van der Waals surface area contributed by atoms with Gasteiger partial charge >= 0.3 is 11.9 Å².